The van der Waals surface area contributed by atoms with Crippen molar-refractivity contribution in [1.82, 2.24) is 19.9 Å². The van der Waals surface area contributed by atoms with Gasteiger partial charge in [0.1, 0.15) is 0 Å². The van der Waals surface area contributed by atoms with Crippen molar-refractivity contribution in [2.75, 3.05) is 0 Å². The molecule has 0 aliphatic carbocycles. The summed E-state index contributed by atoms with van der Waals surface area (Å²) in [6.45, 7) is 41.9. The van der Waals surface area contributed by atoms with E-state index in [1.54, 1.807) is 0 Å². The van der Waals surface area contributed by atoms with E-state index in [1.165, 1.54) is 70.3 Å². The molecular formula is C71H81IN4Zn. The molecular weight excluding hydrogens is 1100 g/mol. The van der Waals surface area contributed by atoms with Gasteiger partial charge in [0.15, 0.2) is 0 Å². The maximum atomic E-state index is 5.93. The molecule has 0 spiro atoms. The molecule has 6 heteroatoms. The van der Waals surface area contributed by atoms with Crippen LogP contribution in [0.2, 0.25) is 0 Å². The quantitative estimate of drug-likeness (QED) is 0.0853. The standard InChI is InChI=1S/C71H81IN4.Zn/c1-37(2)47-31-51(40(7)8)66(52(32-47)41(9)10)69-59-25-23-57(73-59)65(46-19-21-50(72)22-20-46)58-24-26-60(74-58)70(67-53(42(11)12)33-48(38(3)4)34-54(67)43(13)14)62-28-30-64(76-62)71(63-29-27-61(69)75-63)68-55(44(15)16)35-49(39(5)6)36-56(68)45(17)18;/h19-45H,1-18H3;/q-2;+2. The predicted molar refractivity (Wildman–Crippen MR) is 338 cm³/mol. The van der Waals surface area contributed by atoms with Crippen LogP contribution in [0.3, 0.4) is 0 Å². The maximum absolute atomic E-state index is 5.93. The fourth-order valence-electron chi connectivity index (χ4n) is 11.5. The third-order valence-electron chi connectivity index (χ3n) is 15.9. The summed E-state index contributed by atoms with van der Waals surface area (Å²) >= 11 is 2.41. The zero-order valence-electron chi connectivity index (χ0n) is 49.5. The Hall–Kier alpha value is -5.17. The fraction of sp³-hybridized carbons (Fsp3) is 0.380. The Morgan fingerprint density at radius 3 is 0.766 bits per heavy atom. The van der Waals surface area contributed by atoms with Crippen molar-refractivity contribution in [2.24, 2.45) is 0 Å². The van der Waals surface area contributed by atoms with Crippen molar-refractivity contribution < 1.29 is 19.5 Å². The summed E-state index contributed by atoms with van der Waals surface area (Å²) in [7, 11) is 0. The van der Waals surface area contributed by atoms with Crippen LogP contribution < -0.4 is 9.97 Å². The van der Waals surface area contributed by atoms with Gasteiger partial charge in [0.05, 0.1) is 22.8 Å². The second-order valence-electron chi connectivity index (χ2n) is 24.5. The molecule has 4 aromatic carbocycles. The molecule has 2 aliphatic rings. The van der Waals surface area contributed by atoms with Crippen molar-refractivity contribution in [2.45, 2.75) is 178 Å². The van der Waals surface area contributed by atoms with Crippen LogP contribution in [0.4, 0.5) is 0 Å². The summed E-state index contributed by atoms with van der Waals surface area (Å²) in [5, 5.41) is 0. The molecule has 9 rings (SSSR count). The van der Waals surface area contributed by atoms with Gasteiger partial charge < -0.3 is 9.97 Å². The van der Waals surface area contributed by atoms with Crippen molar-refractivity contribution in [3.63, 3.8) is 0 Å². The first kappa shape index (κ1) is 58.0. The van der Waals surface area contributed by atoms with Crippen LogP contribution >= 0.6 is 22.6 Å². The summed E-state index contributed by atoms with van der Waals surface area (Å²) in [4.78, 5) is 23.4. The van der Waals surface area contributed by atoms with Gasteiger partial charge in [-0.25, -0.2) is 9.97 Å². The summed E-state index contributed by atoms with van der Waals surface area (Å²) in [6, 6.07) is 32.6. The molecule has 0 saturated heterocycles. The third-order valence-corrected chi connectivity index (χ3v) is 16.6. The second-order valence-corrected chi connectivity index (χ2v) is 25.7. The van der Waals surface area contributed by atoms with Gasteiger partial charge in [-0.2, -0.15) is 0 Å². The predicted octanol–water partition coefficient (Wildman–Crippen LogP) is 21.3. The minimum atomic E-state index is 0. The topological polar surface area (TPSA) is 54.0 Å². The van der Waals surface area contributed by atoms with Gasteiger partial charge in [0, 0.05) is 3.57 Å². The molecule has 0 radical (unpaired) electrons. The summed E-state index contributed by atoms with van der Waals surface area (Å²) in [5.74, 6) is 2.62. The Bertz CT molecular complexity index is 3430. The number of halogens is 1. The number of aromatic nitrogens is 4. The van der Waals surface area contributed by atoms with E-state index < -0.39 is 0 Å². The molecule has 7 aromatic rings. The Kier molecular flexibility index (Phi) is 17.5. The first-order chi connectivity index (χ1) is 36.0. The zero-order valence-corrected chi connectivity index (χ0v) is 54.6. The maximum Gasteiger partial charge on any atom is 2.00 e. The number of fused-ring (bicyclic) bond motifs is 8. The van der Waals surface area contributed by atoms with Crippen LogP contribution in [0.15, 0.2) is 84.9 Å². The average molecular weight is 1180 g/mol. The molecule has 5 heterocycles. The Balaban J connectivity index is 0.00000784. The molecule has 0 fully saturated rings. The minimum Gasteiger partial charge on any atom is -0.657 e. The summed E-state index contributed by atoms with van der Waals surface area (Å²) < 4.78 is 1.18. The van der Waals surface area contributed by atoms with Crippen LogP contribution in [-0.2, 0) is 19.5 Å². The third kappa shape index (κ3) is 11.2. The van der Waals surface area contributed by atoms with Gasteiger partial charge in [-0.05, 0) is 207 Å². The molecule has 3 aromatic heterocycles. The van der Waals surface area contributed by atoms with E-state index in [-0.39, 0.29) is 55.0 Å². The van der Waals surface area contributed by atoms with E-state index >= 15 is 0 Å². The number of rotatable bonds is 13. The smallest absolute Gasteiger partial charge is 0.657 e. The molecule has 0 unspecified atom stereocenters. The Labute approximate surface area is 488 Å². The first-order valence-electron chi connectivity index (χ1n) is 28.4. The van der Waals surface area contributed by atoms with Gasteiger partial charge in [-0.3, -0.25) is 0 Å². The van der Waals surface area contributed by atoms with Crippen molar-refractivity contribution in [3.05, 3.63) is 161 Å². The van der Waals surface area contributed by atoms with E-state index in [9.17, 15) is 0 Å². The number of benzene rings is 4. The molecule has 0 amide bonds. The van der Waals surface area contributed by atoms with Crippen LogP contribution in [-0.4, -0.2) is 9.97 Å². The fourth-order valence-corrected chi connectivity index (χ4v) is 11.9. The number of hydrogen-bond acceptors (Lipinski definition) is 2. The summed E-state index contributed by atoms with van der Waals surface area (Å²) in [5.41, 5.74) is 28.3. The van der Waals surface area contributed by atoms with Crippen LogP contribution in [0.5, 0.6) is 0 Å². The number of hydrogen-bond donors (Lipinski definition) is 0. The molecule has 4 nitrogen and oxygen atoms in total. The van der Waals surface area contributed by atoms with Crippen LogP contribution in [0.1, 0.15) is 251 Å². The zero-order chi connectivity index (χ0) is 54.8. The molecule has 0 saturated carbocycles. The van der Waals surface area contributed by atoms with Crippen LogP contribution in [0.25, 0.3) is 90.9 Å². The number of nitrogens with zero attached hydrogens (tertiary/aromatic N) is 4. The molecule has 2 aliphatic heterocycles. The average Bonchev–Trinajstić information content (AvgIpc) is 4.27. The van der Waals surface area contributed by atoms with Crippen molar-refractivity contribution >= 4 is 69.0 Å². The van der Waals surface area contributed by atoms with Crippen molar-refractivity contribution in [1.29, 1.82) is 0 Å². The Morgan fingerprint density at radius 1 is 0.299 bits per heavy atom. The molecule has 0 N–H and O–H groups in total. The minimum absolute atomic E-state index is 0. The van der Waals surface area contributed by atoms with Gasteiger partial charge in [0.25, 0.3) is 0 Å². The van der Waals surface area contributed by atoms with E-state index in [0.29, 0.717) is 17.8 Å². The Morgan fingerprint density at radius 2 is 0.532 bits per heavy atom. The molecule has 0 atom stereocenters. The normalized spacial score (nSPS) is 12.7. The SMILES string of the molecule is CC(C)c1cc(C(C)C)c(-c2c3nc(c(-c4c(C(C)C)cc(C(C)C)cc4C(C)C)c4ccc([n-]4)c(-c4c(C(C)C)cc(C(C)C)cc4C(C)C)c4nc(c(-c5ccc(I)cc5)c5ccc2[n-]5)C=C4)C=C3)c(C(C)C)c1.[Zn+2]. The van der Waals surface area contributed by atoms with Gasteiger partial charge in [-0.1, -0.05) is 197 Å². The van der Waals surface area contributed by atoms with E-state index in [2.05, 4.69) is 256 Å². The molecule has 77 heavy (non-hydrogen) atoms. The van der Waals surface area contributed by atoms with Gasteiger partial charge in [0.2, 0.25) is 0 Å². The van der Waals surface area contributed by atoms with E-state index in [4.69, 9.17) is 19.9 Å². The largest absolute Gasteiger partial charge is 2.00 e. The van der Waals surface area contributed by atoms with Gasteiger partial charge >= 0.3 is 19.5 Å². The molecule has 8 bridgehead atoms. The second kappa shape index (κ2) is 23.3. The first-order valence-corrected chi connectivity index (χ1v) is 29.5. The van der Waals surface area contributed by atoms with Crippen molar-refractivity contribution in [3.8, 4) is 44.5 Å². The monoisotopic (exact) mass is 1180 g/mol. The summed E-state index contributed by atoms with van der Waals surface area (Å²) in [6.07, 6.45) is 9.00. The molecule has 394 valence electrons. The van der Waals surface area contributed by atoms with E-state index in [1.807, 2.05) is 0 Å². The van der Waals surface area contributed by atoms with Gasteiger partial charge in [-0.15, -0.1) is 22.1 Å². The van der Waals surface area contributed by atoms with E-state index in [0.717, 1.165) is 72.7 Å². The van der Waals surface area contributed by atoms with Crippen LogP contribution in [0, 0.1) is 3.57 Å².